The Hall–Kier alpha value is -3.83. The lowest BCUT2D eigenvalue weighted by Gasteiger charge is -2.24. The maximum Gasteiger partial charge on any atom is 0.342 e. The Morgan fingerprint density at radius 2 is 1.58 bits per heavy atom. The SMILES string of the molecule is CCOC(=O)c1c(C)oc2ccc(N(C(=O)c3c(OC)cccc3OC)S(=O)(=O)c3ccc(Br)cc3)cc12. The Morgan fingerprint density at radius 3 is 2.16 bits per heavy atom. The minimum absolute atomic E-state index is 0.0234. The number of sulfonamides is 1. The molecular formula is C27H24BrNO8S. The Balaban J connectivity index is 2.00. The maximum atomic E-state index is 14.1. The summed E-state index contributed by atoms with van der Waals surface area (Å²) in [6.45, 7) is 3.42. The standard InChI is InChI=1S/C27H24BrNO8S/c1-5-36-27(31)24-16(2)37-21-14-11-18(15-20(21)24)29(38(32,33)19-12-9-17(28)10-13-19)26(30)25-22(34-3)7-6-8-23(25)35-4/h6-15H,5H2,1-4H3. The van der Waals surface area contributed by atoms with Gasteiger partial charge in [0.15, 0.2) is 0 Å². The summed E-state index contributed by atoms with van der Waals surface area (Å²) < 4.78 is 51.0. The van der Waals surface area contributed by atoms with Crippen LogP contribution in [-0.2, 0) is 14.8 Å². The van der Waals surface area contributed by atoms with Crippen molar-refractivity contribution in [1.29, 1.82) is 0 Å². The molecule has 1 heterocycles. The number of anilines is 1. The van der Waals surface area contributed by atoms with Crippen LogP contribution in [0.15, 0.2) is 74.4 Å². The van der Waals surface area contributed by atoms with Gasteiger partial charge in [0.1, 0.15) is 34.0 Å². The Labute approximate surface area is 228 Å². The number of carbonyl (C=O) groups is 2. The van der Waals surface area contributed by atoms with E-state index in [1.807, 2.05) is 0 Å². The van der Waals surface area contributed by atoms with Gasteiger partial charge in [0.2, 0.25) is 0 Å². The molecule has 4 rings (SSSR count). The number of methoxy groups -OCH3 is 2. The fraction of sp³-hybridized carbons (Fsp3) is 0.185. The zero-order valence-electron chi connectivity index (χ0n) is 21.0. The average Bonchev–Trinajstić information content (AvgIpc) is 3.23. The lowest BCUT2D eigenvalue weighted by molar-refractivity contribution is 0.0526. The number of carbonyl (C=O) groups excluding carboxylic acids is 2. The third-order valence-electron chi connectivity index (χ3n) is 5.74. The third-order valence-corrected chi connectivity index (χ3v) is 7.99. The molecule has 0 spiro atoms. The zero-order valence-corrected chi connectivity index (χ0v) is 23.4. The lowest BCUT2D eigenvalue weighted by atomic mass is 10.1. The van der Waals surface area contributed by atoms with Crippen LogP contribution in [0.3, 0.4) is 0 Å². The molecule has 0 aliphatic carbocycles. The number of amides is 1. The van der Waals surface area contributed by atoms with Crippen LogP contribution in [0.2, 0.25) is 0 Å². The van der Waals surface area contributed by atoms with Crippen LogP contribution < -0.4 is 13.8 Å². The summed E-state index contributed by atoms with van der Waals surface area (Å²) in [6.07, 6.45) is 0. The van der Waals surface area contributed by atoms with Crippen LogP contribution in [-0.4, -0.2) is 41.1 Å². The van der Waals surface area contributed by atoms with E-state index in [0.717, 1.165) is 0 Å². The molecule has 0 saturated heterocycles. The molecular weight excluding hydrogens is 578 g/mol. The molecule has 198 valence electrons. The number of hydrogen-bond donors (Lipinski definition) is 0. The molecule has 9 nitrogen and oxygen atoms in total. The van der Waals surface area contributed by atoms with Crippen molar-refractivity contribution < 1.29 is 36.6 Å². The van der Waals surface area contributed by atoms with Crippen LogP contribution >= 0.6 is 15.9 Å². The first-order chi connectivity index (χ1) is 18.1. The minimum atomic E-state index is -4.47. The van der Waals surface area contributed by atoms with E-state index in [0.29, 0.717) is 25.5 Å². The van der Waals surface area contributed by atoms with Gasteiger partial charge in [-0.05, 0) is 68.4 Å². The minimum Gasteiger partial charge on any atom is -0.496 e. The highest BCUT2D eigenvalue weighted by Gasteiger charge is 2.36. The van der Waals surface area contributed by atoms with Crippen molar-refractivity contribution in [2.24, 2.45) is 0 Å². The number of furan rings is 1. The van der Waals surface area contributed by atoms with Crippen molar-refractivity contribution in [2.75, 3.05) is 25.1 Å². The number of fused-ring (bicyclic) bond motifs is 1. The van der Waals surface area contributed by atoms with Crippen molar-refractivity contribution in [1.82, 2.24) is 0 Å². The normalized spacial score (nSPS) is 11.3. The molecule has 11 heteroatoms. The molecule has 0 radical (unpaired) electrons. The highest BCUT2D eigenvalue weighted by molar-refractivity contribution is 9.10. The molecule has 4 aromatic rings. The topological polar surface area (TPSA) is 112 Å². The van der Waals surface area contributed by atoms with Gasteiger partial charge < -0.3 is 18.6 Å². The van der Waals surface area contributed by atoms with E-state index < -0.39 is 21.9 Å². The number of esters is 1. The number of nitrogens with zero attached hydrogens (tertiary/aromatic N) is 1. The summed E-state index contributed by atoms with van der Waals surface area (Å²) >= 11 is 3.30. The van der Waals surface area contributed by atoms with Gasteiger partial charge in [-0.25, -0.2) is 13.2 Å². The predicted molar refractivity (Wildman–Crippen MR) is 145 cm³/mol. The van der Waals surface area contributed by atoms with E-state index >= 15 is 0 Å². The van der Waals surface area contributed by atoms with E-state index in [1.54, 1.807) is 32.0 Å². The molecule has 3 aromatic carbocycles. The van der Waals surface area contributed by atoms with Crippen molar-refractivity contribution >= 4 is 54.5 Å². The molecule has 0 atom stereocenters. The largest absolute Gasteiger partial charge is 0.496 e. The predicted octanol–water partition coefficient (Wildman–Crippen LogP) is 5.73. The summed E-state index contributed by atoms with van der Waals surface area (Å²) in [4.78, 5) is 26.7. The summed E-state index contributed by atoms with van der Waals surface area (Å²) in [6, 6.07) is 14.9. The van der Waals surface area contributed by atoms with Gasteiger partial charge >= 0.3 is 5.97 Å². The van der Waals surface area contributed by atoms with Crippen LogP contribution in [0, 0.1) is 6.92 Å². The molecule has 0 bridgehead atoms. The summed E-state index contributed by atoms with van der Waals surface area (Å²) in [5, 5.41) is 0.300. The van der Waals surface area contributed by atoms with Crippen molar-refractivity contribution in [2.45, 2.75) is 18.7 Å². The Kier molecular flexibility index (Phi) is 7.79. The quantitative estimate of drug-likeness (QED) is 0.235. The number of halogens is 1. The highest BCUT2D eigenvalue weighted by atomic mass is 79.9. The monoisotopic (exact) mass is 601 g/mol. The van der Waals surface area contributed by atoms with Crippen molar-refractivity contribution in [3.05, 3.63) is 82.0 Å². The van der Waals surface area contributed by atoms with Crippen LogP contribution in [0.25, 0.3) is 11.0 Å². The second-order valence-corrected chi connectivity index (χ2v) is 10.7. The van der Waals surface area contributed by atoms with E-state index in [9.17, 15) is 18.0 Å². The van der Waals surface area contributed by atoms with Gasteiger partial charge in [0.25, 0.3) is 15.9 Å². The maximum absolute atomic E-state index is 14.1. The van der Waals surface area contributed by atoms with Gasteiger partial charge in [-0.15, -0.1) is 0 Å². The van der Waals surface area contributed by atoms with Gasteiger partial charge in [-0.2, -0.15) is 4.31 Å². The van der Waals surface area contributed by atoms with E-state index in [2.05, 4.69) is 15.9 Å². The summed E-state index contributed by atoms with van der Waals surface area (Å²) in [7, 11) is -1.74. The van der Waals surface area contributed by atoms with Gasteiger partial charge in [-0.3, -0.25) is 4.79 Å². The molecule has 0 unspecified atom stereocenters. The molecule has 38 heavy (non-hydrogen) atoms. The molecule has 0 aliphatic rings. The second kappa shape index (κ2) is 10.9. The Bertz CT molecular complexity index is 1600. The number of hydrogen-bond acceptors (Lipinski definition) is 8. The van der Waals surface area contributed by atoms with Crippen LogP contribution in [0.1, 0.15) is 33.4 Å². The van der Waals surface area contributed by atoms with E-state index in [1.165, 1.54) is 56.7 Å². The molecule has 0 aliphatic heterocycles. The Morgan fingerprint density at radius 1 is 0.947 bits per heavy atom. The lowest BCUT2D eigenvalue weighted by Crippen LogP contribution is -2.37. The second-order valence-electron chi connectivity index (χ2n) is 8.00. The third kappa shape index (κ3) is 4.86. The first-order valence-corrected chi connectivity index (χ1v) is 13.6. The van der Waals surface area contributed by atoms with Crippen molar-refractivity contribution in [3.8, 4) is 11.5 Å². The number of benzene rings is 3. The van der Waals surface area contributed by atoms with Crippen LogP contribution in [0.4, 0.5) is 5.69 Å². The summed E-state index contributed by atoms with van der Waals surface area (Å²) in [5.41, 5.74) is 0.363. The van der Waals surface area contributed by atoms with Gasteiger partial charge in [0, 0.05) is 9.86 Å². The number of ether oxygens (including phenoxy) is 3. The molecule has 0 N–H and O–H groups in total. The zero-order chi connectivity index (χ0) is 27.6. The first kappa shape index (κ1) is 27.2. The first-order valence-electron chi connectivity index (χ1n) is 11.4. The fourth-order valence-corrected chi connectivity index (χ4v) is 5.69. The van der Waals surface area contributed by atoms with Gasteiger partial charge in [-0.1, -0.05) is 22.0 Å². The van der Waals surface area contributed by atoms with Crippen LogP contribution in [0.5, 0.6) is 11.5 Å². The fourth-order valence-electron chi connectivity index (χ4n) is 4.03. The number of rotatable bonds is 8. The van der Waals surface area contributed by atoms with Crippen molar-refractivity contribution in [3.63, 3.8) is 0 Å². The molecule has 0 saturated carbocycles. The smallest absolute Gasteiger partial charge is 0.342 e. The molecule has 1 amide bonds. The average molecular weight is 602 g/mol. The number of aryl methyl sites for hydroxylation is 1. The highest BCUT2D eigenvalue weighted by Crippen LogP contribution is 2.37. The summed E-state index contributed by atoms with van der Waals surface area (Å²) in [5.74, 6) is -0.994. The van der Waals surface area contributed by atoms with E-state index in [4.69, 9.17) is 18.6 Å². The van der Waals surface area contributed by atoms with E-state index in [-0.39, 0.29) is 39.8 Å². The molecule has 1 aromatic heterocycles. The van der Waals surface area contributed by atoms with Gasteiger partial charge in [0.05, 0.1) is 31.4 Å². The molecule has 0 fully saturated rings.